The molecule has 0 aliphatic heterocycles. The van der Waals surface area contributed by atoms with Crippen LogP contribution in [0.1, 0.15) is 53.4 Å². The molecule has 4 N–H and O–H groups in total. The minimum absolute atomic E-state index is 0.173. The van der Waals surface area contributed by atoms with E-state index in [-0.39, 0.29) is 17.9 Å². The first kappa shape index (κ1) is 17.4. The maximum atomic E-state index is 8.87. The normalized spacial score (nSPS) is 12.4. The van der Waals surface area contributed by atoms with Gasteiger partial charge in [-0.15, -0.1) is 0 Å². The highest BCUT2D eigenvalue weighted by Gasteiger charge is 2.20. The van der Waals surface area contributed by atoms with Crippen LogP contribution in [0.2, 0.25) is 0 Å². The van der Waals surface area contributed by atoms with Gasteiger partial charge in [0.15, 0.2) is 0 Å². The van der Waals surface area contributed by atoms with Gasteiger partial charge in [0.25, 0.3) is 0 Å². The first-order valence-corrected chi connectivity index (χ1v) is 7.00. The third kappa shape index (κ3) is 6.97. The maximum Gasteiger partial charge on any atom is 0.0963 e. The second kappa shape index (κ2) is 8.48. The van der Waals surface area contributed by atoms with Crippen molar-refractivity contribution in [2.24, 2.45) is 11.1 Å². The van der Waals surface area contributed by atoms with Crippen LogP contribution in [0.25, 0.3) is 0 Å². The van der Waals surface area contributed by atoms with Crippen molar-refractivity contribution in [2.75, 3.05) is 19.7 Å². The summed E-state index contributed by atoms with van der Waals surface area (Å²) in [5, 5.41) is 16.4. The van der Waals surface area contributed by atoms with Gasteiger partial charge in [-0.25, -0.2) is 0 Å². The Hall–Kier alpha value is -0.610. The van der Waals surface area contributed by atoms with Crippen LogP contribution in [0.4, 0.5) is 0 Å². The predicted molar refractivity (Wildman–Crippen MR) is 78.0 cm³/mol. The molecule has 18 heavy (non-hydrogen) atoms. The SMILES string of the molecule is CC(C)N(CCCO)CCCCC(C)(C)C(=N)N. The fourth-order valence-corrected chi connectivity index (χ4v) is 1.92. The molecular weight excluding hydrogens is 226 g/mol. The zero-order valence-electron chi connectivity index (χ0n) is 12.5. The first-order valence-electron chi connectivity index (χ1n) is 7.00. The van der Waals surface area contributed by atoms with Gasteiger partial charge in [0, 0.05) is 24.6 Å². The molecule has 4 nitrogen and oxygen atoms in total. The maximum absolute atomic E-state index is 8.87. The molecule has 4 heteroatoms. The number of nitrogens with zero attached hydrogens (tertiary/aromatic N) is 1. The molecule has 108 valence electrons. The topological polar surface area (TPSA) is 73.3 Å². The molecule has 0 bridgehead atoms. The number of aliphatic hydroxyl groups excluding tert-OH is 1. The molecule has 0 radical (unpaired) electrons. The van der Waals surface area contributed by atoms with Gasteiger partial charge in [-0.1, -0.05) is 20.3 Å². The van der Waals surface area contributed by atoms with E-state index in [4.69, 9.17) is 16.2 Å². The van der Waals surface area contributed by atoms with Gasteiger partial charge in [-0.3, -0.25) is 5.41 Å². The van der Waals surface area contributed by atoms with Gasteiger partial charge in [-0.05, 0) is 39.7 Å². The molecule has 0 amide bonds. The highest BCUT2D eigenvalue weighted by molar-refractivity contribution is 5.82. The average Bonchev–Trinajstić information content (AvgIpc) is 2.27. The number of hydrogen-bond acceptors (Lipinski definition) is 3. The molecule has 0 aliphatic carbocycles. The summed E-state index contributed by atoms with van der Waals surface area (Å²) in [7, 11) is 0. The van der Waals surface area contributed by atoms with E-state index in [1.54, 1.807) is 0 Å². The molecule has 0 aliphatic rings. The number of aliphatic hydroxyl groups is 1. The quantitative estimate of drug-likeness (QED) is 0.319. The van der Waals surface area contributed by atoms with Crippen molar-refractivity contribution >= 4 is 5.84 Å². The molecule has 0 rings (SSSR count). The van der Waals surface area contributed by atoms with Crippen molar-refractivity contribution in [3.8, 4) is 0 Å². The van der Waals surface area contributed by atoms with Crippen LogP contribution in [0, 0.1) is 10.8 Å². The van der Waals surface area contributed by atoms with Crippen LogP contribution in [0.15, 0.2) is 0 Å². The molecule has 0 atom stereocenters. The minimum Gasteiger partial charge on any atom is -0.396 e. The Morgan fingerprint density at radius 1 is 1.22 bits per heavy atom. The summed E-state index contributed by atoms with van der Waals surface area (Å²) in [4.78, 5) is 2.40. The van der Waals surface area contributed by atoms with Gasteiger partial charge in [0.2, 0.25) is 0 Å². The van der Waals surface area contributed by atoms with Crippen molar-refractivity contribution in [3.63, 3.8) is 0 Å². The third-order valence-electron chi connectivity index (χ3n) is 3.56. The van der Waals surface area contributed by atoms with Crippen LogP contribution >= 0.6 is 0 Å². The standard InChI is InChI=1S/C14H31N3O/c1-12(2)17(10-7-11-18)9-6-5-8-14(3,4)13(15)16/h12,18H,5-11H2,1-4H3,(H3,15,16). The number of unbranched alkanes of at least 4 members (excludes halogenated alkanes) is 1. The summed E-state index contributed by atoms with van der Waals surface area (Å²) in [6.07, 6.45) is 4.03. The summed E-state index contributed by atoms with van der Waals surface area (Å²) in [5.41, 5.74) is 5.40. The molecule has 0 unspecified atom stereocenters. The average molecular weight is 257 g/mol. The van der Waals surface area contributed by atoms with E-state index in [1.807, 2.05) is 13.8 Å². The second-order valence-corrected chi connectivity index (χ2v) is 5.96. The van der Waals surface area contributed by atoms with Crippen LogP contribution in [-0.4, -0.2) is 41.6 Å². The molecule has 0 fully saturated rings. The van der Waals surface area contributed by atoms with Gasteiger partial charge < -0.3 is 15.7 Å². The molecule has 0 aromatic rings. The van der Waals surface area contributed by atoms with E-state index < -0.39 is 0 Å². The zero-order valence-corrected chi connectivity index (χ0v) is 12.5. The number of rotatable bonds is 10. The van der Waals surface area contributed by atoms with Crippen LogP contribution in [-0.2, 0) is 0 Å². The van der Waals surface area contributed by atoms with Crippen molar-refractivity contribution < 1.29 is 5.11 Å². The summed E-state index contributed by atoms with van der Waals surface area (Å²) in [6, 6.07) is 0.525. The highest BCUT2D eigenvalue weighted by atomic mass is 16.3. The van der Waals surface area contributed by atoms with Crippen LogP contribution in [0.3, 0.4) is 0 Å². The predicted octanol–water partition coefficient (Wildman–Crippen LogP) is 2.21. The lowest BCUT2D eigenvalue weighted by molar-refractivity contribution is 0.187. The fourth-order valence-electron chi connectivity index (χ4n) is 1.92. The van der Waals surface area contributed by atoms with Crippen molar-refractivity contribution in [2.45, 2.75) is 59.4 Å². The van der Waals surface area contributed by atoms with Crippen LogP contribution in [0.5, 0.6) is 0 Å². The fraction of sp³-hybridized carbons (Fsp3) is 0.929. The molecule has 0 saturated carbocycles. The summed E-state index contributed by atoms with van der Waals surface area (Å²) in [5.74, 6) is 0.281. The monoisotopic (exact) mass is 257 g/mol. The van der Waals surface area contributed by atoms with Gasteiger partial charge in [0.1, 0.15) is 0 Å². The van der Waals surface area contributed by atoms with Gasteiger partial charge in [0.05, 0.1) is 5.84 Å². The molecule has 0 aromatic carbocycles. The smallest absolute Gasteiger partial charge is 0.0963 e. The summed E-state index contributed by atoms with van der Waals surface area (Å²) in [6.45, 7) is 10.7. The van der Waals surface area contributed by atoms with E-state index in [9.17, 15) is 0 Å². The molecule has 0 aromatic heterocycles. The zero-order chi connectivity index (χ0) is 14.2. The van der Waals surface area contributed by atoms with Crippen molar-refractivity contribution in [1.82, 2.24) is 4.90 Å². The Kier molecular flexibility index (Phi) is 8.20. The second-order valence-electron chi connectivity index (χ2n) is 5.96. The summed E-state index contributed by atoms with van der Waals surface area (Å²) >= 11 is 0. The number of amidine groups is 1. The Bertz CT molecular complexity index is 239. The number of hydrogen-bond donors (Lipinski definition) is 3. The van der Waals surface area contributed by atoms with E-state index in [0.717, 1.165) is 38.8 Å². The molecule has 0 saturated heterocycles. The van der Waals surface area contributed by atoms with Crippen LogP contribution < -0.4 is 5.73 Å². The Balaban J connectivity index is 3.89. The molecular formula is C14H31N3O. The third-order valence-corrected chi connectivity index (χ3v) is 3.56. The van der Waals surface area contributed by atoms with Crippen molar-refractivity contribution in [3.05, 3.63) is 0 Å². The van der Waals surface area contributed by atoms with E-state index in [0.29, 0.717) is 6.04 Å². The number of nitrogens with one attached hydrogen (secondary N) is 1. The van der Waals surface area contributed by atoms with E-state index in [2.05, 4.69) is 18.7 Å². The van der Waals surface area contributed by atoms with Crippen molar-refractivity contribution in [1.29, 1.82) is 5.41 Å². The lowest BCUT2D eigenvalue weighted by Crippen LogP contribution is -2.34. The minimum atomic E-state index is -0.173. The first-order chi connectivity index (χ1) is 8.31. The van der Waals surface area contributed by atoms with Gasteiger partial charge in [-0.2, -0.15) is 0 Å². The Morgan fingerprint density at radius 3 is 2.22 bits per heavy atom. The van der Waals surface area contributed by atoms with E-state index in [1.165, 1.54) is 0 Å². The van der Waals surface area contributed by atoms with Gasteiger partial charge >= 0.3 is 0 Å². The Morgan fingerprint density at radius 2 is 1.78 bits per heavy atom. The molecule has 0 spiro atoms. The summed E-state index contributed by atoms with van der Waals surface area (Å²) < 4.78 is 0. The highest BCUT2D eigenvalue weighted by Crippen LogP contribution is 2.22. The molecule has 0 heterocycles. The lowest BCUT2D eigenvalue weighted by atomic mass is 9.86. The lowest BCUT2D eigenvalue weighted by Gasteiger charge is -2.27. The largest absolute Gasteiger partial charge is 0.396 e. The Labute approximate surface area is 112 Å². The van der Waals surface area contributed by atoms with E-state index >= 15 is 0 Å². The number of nitrogens with two attached hydrogens (primary N) is 1.